The number of alkyl carbamates (subject to hydrolysis) is 2. The predicted octanol–water partition coefficient (Wildman–Crippen LogP) is 3.58. The predicted molar refractivity (Wildman–Crippen MR) is 245 cm³/mol. The number of cyclic esters (lactones) is 1. The Morgan fingerprint density at radius 1 is 0.924 bits per heavy atom. The number of carbonyl (C=O) groups excluding carboxylic acids is 3. The zero-order valence-corrected chi connectivity index (χ0v) is 42.7. The van der Waals surface area contributed by atoms with E-state index in [4.69, 9.17) is 43.6 Å². The van der Waals surface area contributed by atoms with Crippen LogP contribution in [0.3, 0.4) is 0 Å². The minimum Gasteiger partial charge on any atom is -0.459 e. The molecule has 3 aliphatic heterocycles. The van der Waals surface area contributed by atoms with Crippen LogP contribution >= 0.6 is 0 Å². The quantitative estimate of drug-likeness (QED) is 0.0791. The van der Waals surface area contributed by atoms with Crippen molar-refractivity contribution in [2.45, 2.75) is 224 Å². The lowest BCUT2D eigenvalue weighted by Crippen LogP contribution is -2.62. The molecular weight excluding hydrogens is 861 g/mol. The lowest BCUT2D eigenvalue weighted by molar-refractivity contribution is -0.318. The molecule has 66 heavy (non-hydrogen) atoms. The van der Waals surface area contributed by atoms with Crippen LogP contribution in [0.5, 0.6) is 0 Å². The Labute approximate surface area is 393 Å². The van der Waals surface area contributed by atoms with E-state index >= 15 is 0 Å². The van der Waals surface area contributed by atoms with Crippen molar-refractivity contribution in [1.82, 2.24) is 15.5 Å². The number of methoxy groups -OCH3 is 1. The number of likely N-dealkylation sites (N-methyl/N-ethyl adjacent to an activating group) is 1. The van der Waals surface area contributed by atoms with Crippen molar-refractivity contribution in [2.24, 2.45) is 29.4 Å². The van der Waals surface area contributed by atoms with Gasteiger partial charge in [-0.3, -0.25) is 4.79 Å². The van der Waals surface area contributed by atoms with Crippen molar-refractivity contribution < 1.29 is 72.7 Å². The van der Waals surface area contributed by atoms with Crippen molar-refractivity contribution in [3.8, 4) is 0 Å². The van der Waals surface area contributed by atoms with Gasteiger partial charge in [0.25, 0.3) is 0 Å². The molecule has 3 heterocycles. The van der Waals surface area contributed by atoms with Gasteiger partial charge < -0.3 is 79.6 Å². The third-order valence-corrected chi connectivity index (χ3v) is 13.9. The van der Waals surface area contributed by atoms with E-state index in [-0.39, 0.29) is 31.4 Å². The molecule has 19 heteroatoms. The SMILES string of the molecule is CC[C@H]1OC(=O)[C@H](C)[C@@H](OC2CC(C)(OC)C(OC(=O)NCCCCN)C(C)O2)[C@H](C)[C@@H](OC2OC(C)CC(N(C)C)C2O)[C@](C)(O)C[C@@H](C)[C@H](NC(=O)OC(C)(C)C)[C@H](C)[C@@H](O)[C@]1(C)O. The third kappa shape index (κ3) is 14.8. The van der Waals surface area contributed by atoms with Crippen molar-refractivity contribution >= 4 is 18.2 Å². The second kappa shape index (κ2) is 23.9. The summed E-state index contributed by atoms with van der Waals surface area (Å²) >= 11 is 0. The molecular formula is C47H88N4O15. The maximum absolute atomic E-state index is 14.6. The fourth-order valence-corrected chi connectivity index (χ4v) is 10.1. The van der Waals surface area contributed by atoms with Crippen LogP contribution < -0.4 is 16.4 Å². The van der Waals surface area contributed by atoms with Gasteiger partial charge in [-0.2, -0.15) is 0 Å². The second-order valence-electron chi connectivity index (χ2n) is 21.2. The highest BCUT2D eigenvalue weighted by molar-refractivity contribution is 5.73. The summed E-state index contributed by atoms with van der Waals surface area (Å²) in [7, 11) is 5.19. The molecule has 3 rings (SSSR count). The minimum atomic E-state index is -2.03. The first-order chi connectivity index (χ1) is 30.4. The Morgan fingerprint density at radius 2 is 1.56 bits per heavy atom. The van der Waals surface area contributed by atoms with Crippen LogP contribution in [0.1, 0.15) is 129 Å². The number of carbonyl (C=O) groups is 3. The average Bonchev–Trinajstić information content (AvgIpc) is 3.21. The average molecular weight is 949 g/mol. The molecule has 0 aliphatic carbocycles. The lowest BCUT2D eigenvalue weighted by atomic mass is 9.72. The van der Waals surface area contributed by atoms with Crippen molar-refractivity contribution in [3.63, 3.8) is 0 Å². The summed E-state index contributed by atoms with van der Waals surface area (Å²) in [5, 5.41) is 54.5. The molecule has 0 saturated carbocycles. The van der Waals surface area contributed by atoms with E-state index in [1.807, 2.05) is 25.9 Å². The molecule has 19 atom stereocenters. The fourth-order valence-electron chi connectivity index (χ4n) is 10.1. The molecule has 8 unspecified atom stereocenters. The van der Waals surface area contributed by atoms with Crippen LogP contribution in [-0.4, -0.2) is 174 Å². The number of nitrogens with zero attached hydrogens (tertiary/aromatic N) is 1. The summed E-state index contributed by atoms with van der Waals surface area (Å²) in [5.41, 5.74) is -0.277. The molecule has 2 amide bonds. The van der Waals surface area contributed by atoms with Crippen LogP contribution in [0, 0.1) is 23.7 Å². The van der Waals surface area contributed by atoms with E-state index in [0.717, 1.165) is 6.42 Å². The smallest absolute Gasteiger partial charge is 0.407 e. The number of aliphatic hydroxyl groups is 4. The number of esters is 1. The van der Waals surface area contributed by atoms with Gasteiger partial charge in [0.1, 0.15) is 29.0 Å². The van der Waals surface area contributed by atoms with E-state index in [2.05, 4.69) is 10.6 Å². The summed E-state index contributed by atoms with van der Waals surface area (Å²) in [5.74, 6) is -4.36. The number of rotatable bonds is 13. The Kier molecular flexibility index (Phi) is 21.0. The number of unbranched alkanes of at least 4 members (excludes halogenated alkanes) is 1. The molecule has 0 bridgehead atoms. The number of amides is 2. The number of nitrogens with one attached hydrogen (secondary N) is 2. The zero-order valence-electron chi connectivity index (χ0n) is 42.7. The minimum absolute atomic E-state index is 0.0315. The highest BCUT2D eigenvalue weighted by Crippen LogP contribution is 2.42. The van der Waals surface area contributed by atoms with Gasteiger partial charge >= 0.3 is 18.2 Å². The highest BCUT2D eigenvalue weighted by atomic mass is 16.7. The van der Waals surface area contributed by atoms with E-state index < -0.39 is 126 Å². The first-order valence-electron chi connectivity index (χ1n) is 23.9. The summed E-state index contributed by atoms with van der Waals surface area (Å²) in [6.45, 7) is 22.9. The molecule has 3 saturated heterocycles. The van der Waals surface area contributed by atoms with Crippen LogP contribution in [0.15, 0.2) is 0 Å². The molecule has 0 radical (unpaired) electrons. The maximum atomic E-state index is 14.6. The van der Waals surface area contributed by atoms with E-state index in [1.165, 1.54) is 14.0 Å². The Bertz CT molecular complexity index is 1550. The first-order valence-corrected chi connectivity index (χ1v) is 23.9. The Morgan fingerprint density at radius 3 is 2.12 bits per heavy atom. The lowest BCUT2D eigenvalue weighted by Gasteiger charge is -2.50. The molecule has 0 aromatic carbocycles. The molecule has 0 spiro atoms. The van der Waals surface area contributed by atoms with Crippen molar-refractivity contribution in [1.29, 1.82) is 0 Å². The molecule has 0 aromatic heterocycles. The number of nitrogens with two attached hydrogens (primary N) is 1. The second-order valence-corrected chi connectivity index (χ2v) is 21.2. The largest absolute Gasteiger partial charge is 0.459 e. The van der Waals surface area contributed by atoms with E-state index in [1.54, 1.807) is 76.2 Å². The van der Waals surface area contributed by atoms with Crippen LogP contribution in [0.2, 0.25) is 0 Å². The number of hydrogen-bond donors (Lipinski definition) is 7. The van der Waals surface area contributed by atoms with E-state index in [0.29, 0.717) is 25.9 Å². The van der Waals surface area contributed by atoms with Gasteiger partial charge in [-0.15, -0.1) is 0 Å². The standard InChI is InChI=1S/C47H88N4O15/c1-17-32-47(13,58)37(53)27(4)34(50-43(56)66-44(8,9)10)25(2)23-45(11,57)38(64-41-35(52)31(51(14)15)22-26(3)60-41)28(5)36(29(6)40(54)62-32)63-33-24-46(12,59-16)39(30(7)61-33)65-42(55)49-21-19-18-20-48/h25-39,41,52-53,57-58H,17-24,48H2,1-16H3,(H,49,55)(H,50,56)/t25-,26?,27+,28+,29-,30?,31?,32-,33?,34+,35?,36+,37-,38-,39?,41?,45-,46?,47-/m1/s1. The summed E-state index contributed by atoms with van der Waals surface area (Å²) in [6, 6.07) is -1.29. The Hall–Kier alpha value is -2.43. The van der Waals surface area contributed by atoms with Crippen molar-refractivity contribution in [2.75, 3.05) is 34.3 Å². The third-order valence-electron chi connectivity index (χ3n) is 13.9. The van der Waals surface area contributed by atoms with Gasteiger partial charge in [-0.05, 0) is 121 Å². The van der Waals surface area contributed by atoms with Gasteiger partial charge in [-0.1, -0.05) is 27.7 Å². The number of ether oxygens (including phenoxy) is 8. The topological polar surface area (TPSA) is 259 Å². The molecule has 3 aliphatic rings. The highest BCUT2D eigenvalue weighted by Gasteiger charge is 2.54. The van der Waals surface area contributed by atoms with Gasteiger partial charge in [0.15, 0.2) is 18.7 Å². The monoisotopic (exact) mass is 949 g/mol. The number of aliphatic hydroxyl groups excluding tert-OH is 2. The van der Waals surface area contributed by atoms with Crippen LogP contribution in [0.25, 0.3) is 0 Å². The normalized spacial score (nSPS) is 42.2. The van der Waals surface area contributed by atoms with Gasteiger partial charge in [-0.25, -0.2) is 9.59 Å². The number of hydrogen-bond acceptors (Lipinski definition) is 17. The summed E-state index contributed by atoms with van der Waals surface area (Å²) in [4.78, 5) is 42.8. The first kappa shape index (κ1) is 57.9. The van der Waals surface area contributed by atoms with Gasteiger partial charge in [0, 0.05) is 44.0 Å². The summed E-state index contributed by atoms with van der Waals surface area (Å²) in [6.07, 6.45) is -10.1. The molecule has 8 N–H and O–H groups in total. The Balaban J connectivity index is 2.21. The molecule has 0 aromatic rings. The molecule has 386 valence electrons. The zero-order chi connectivity index (χ0) is 50.3. The van der Waals surface area contributed by atoms with Gasteiger partial charge in [0.2, 0.25) is 0 Å². The van der Waals surface area contributed by atoms with E-state index in [9.17, 15) is 34.8 Å². The van der Waals surface area contributed by atoms with Gasteiger partial charge in [0.05, 0.1) is 42.0 Å². The van der Waals surface area contributed by atoms with Crippen LogP contribution in [0.4, 0.5) is 9.59 Å². The fraction of sp³-hybridized carbons (Fsp3) is 0.936. The summed E-state index contributed by atoms with van der Waals surface area (Å²) < 4.78 is 50.0. The molecule has 3 fully saturated rings. The molecule has 19 nitrogen and oxygen atoms in total. The van der Waals surface area contributed by atoms with Crippen LogP contribution in [-0.2, 0) is 42.7 Å². The maximum Gasteiger partial charge on any atom is 0.407 e. The van der Waals surface area contributed by atoms with Crippen molar-refractivity contribution in [3.05, 3.63) is 0 Å².